The van der Waals surface area contributed by atoms with Gasteiger partial charge in [0.25, 0.3) is 15.9 Å². The highest BCUT2D eigenvalue weighted by molar-refractivity contribution is 7.92. The third kappa shape index (κ3) is 6.61. The Hall–Kier alpha value is -3.36. The Kier molecular flexibility index (Phi) is 8.05. The number of methoxy groups -OCH3 is 1. The number of para-hydroxylation sites is 2. The van der Waals surface area contributed by atoms with Crippen LogP contribution in [0.25, 0.3) is 0 Å². The first-order valence-corrected chi connectivity index (χ1v) is 13.2. The molecule has 0 aliphatic carbocycles. The molecule has 8 heteroatoms. The summed E-state index contributed by atoms with van der Waals surface area (Å²) in [7, 11) is -2.34. The van der Waals surface area contributed by atoms with Gasteiger partial charge >= 0.3 is 0 Å². The second-order valence-electron chi connectivity index (χ2n) is 8.77. The number of carbonyl (C=O) groups is 1. The van der Waals surface area contributed by atoms with E-state index in [1.807, 2.05) is 6.07 Å². The minimum atomic E-state index is -3.82. The summed E-state index contributed by atoms with van der Waals surface area (Å²) >= 11 is 0. The second kappa shape index (κ2) is 11.4. The Balaban J connectivity index is 1.31. The molecule has 184 valence electrons. The second-order valence-corrected chi connectivity index (χ2v) is 10.5. The van der Waals surface area contributed by atoms with Crippen molar-refractivity contribution in [1.82, 2.24) is 10.2 Å². The van der Waals surface area contributed by atoms with E-state index in [-0.39, 0.29) is 10.8 Å². The number of nitrogens with one attached hydrogen (secondary N) is 2. The van der Waals surface area contributed by atoms with Crippen LogP contribution in [0.15, 0.2) is 83.8 Å². The molecule has 0 aromatic heterocycles. The lowest BCUT2D eigenvalue weighted by atomic mass is 9.97. The molecule has 2 N–H and O–H groups in total. The molecule has 1 aliphatic heterocycles. The smallest absolute Gasteiger partial charge is 0.262 e. The summed E-state index contributed by atoms with van der Waals surface area (Å²) < 4.78 is 33.3. The molecule has 4 rings (SSSR count). The molecule has 35 heavy (non-hydrogen) atoms. The van der Waals surface area contributed by atoms with Crippen molar-refractivity contribution in [2.45, 2.75) is 24.3 Å². The maximum atomic E-state index is 12.8. The van der Waals surface area contributed by atoms with Crippen LogP contribution in [-0.2, 0) is 16.6 Å². The van der Waals surface area contributed by atoms with Crippen LogP contribution in [0, 0.1) is 5.92 Å². The fraction of sp³-hybridized carbons (Fsp3) is 0.296. The summed E-state index contributed by atoms with van der Waals surface area (Å²) in [5.74, 6) is 0.616. The molecule has 1 heterocycles. The van der Waals surface area contributed by atoms with Crippen molar-refractivity contribution in [1.29, 1.82) is 0 Å². The molecule has 1 aliphatic rings. The highest BCUT2D eigenvalue weighted by Crippen LogP contribution is 2.26. The zero-order chi connectivity index (χ0) is 24.7. The average Bonchev–Trinajstić information content (AvgIpc) is 2.88. The van der Waals surface area contributed by atoms with Gasteiger partial charge in [0, 0.05) is 25.2 Å². The van der Waals surface area contributed by atoms with Crippen molar-refractivity contribution in [3.8, 4) is 5.75 Å². The molecule has 0 saturated carbocycles. The first-order valence-electron chi connectivity index (χ1n) is 11.7. The maximum Gasteiger partial charge on any atom is 0.262 e. The minimum absolute atomic E-state index is 0.0730. The number of ether oxygens (including phenoxy) is 1. The number of hydrogen-bond acceptors (Lipinski definition) is 5. The van der Waals surface area contributed by atoms with E-state index >= 15 is 0 Å². The van der Waals surface area contributed by atoms with Gasteiger partial charge in [-0.15, -0.1) is 0 Å². The SMILES string of the molecule is COc1ccccc1NS(=O)(=O)c1ccc(C(=O)NCC2CCCN(Cc3ccccc3)C2)cc1. The summed E-state index contributed by atoms with van der Waals surface area (Å²) in [4.78, 5) is 15.2. The summed E-state index contributed by atoms with van der Waals surface area (Å²) in [5, 5.41) is 3.02. The zero-order valence-corrected chi connectivity index (χ0v) is 20.6. The summed E-state index contributed by atoms with van der Waals surface area (Å²) in [6.45, 7) is 3.53. The van der Waals surface area contributed by atoms with Gasteiger partial charge in [0.2, 0.25) is 0 Å². The van der Waals surface area contributed by atoms with E-state index in [1.165, 1.54) is 36.9 Å². The molecule has 0 bridgehead atoms. The largest absolute Gasteiger partial charge is 0.495 e. The Bertz CT molecular complexity index is 1230. The third-order valence-electron chi connectivity index (χ3n) is 6.18. The number of carbonyl (C=O) groups excluding carboxylic acids is 1. The number of piperidine rings is 1. The quantitative estimate of drug-likeness (QED) is 0.468. The Morgan fingerprint density at radius 3 is 2.46 bits per heavy atom. The van der Waals surface area contributed by atoms with E-state index in [2.05, 4.69) is 39.2 Å². The lowest BCUT2D eigenvalue weighted by Gasteiger charge is -2.32. The first kappa shape index (κ1) is 24.8. The highest BCUT2D eigenvalue weighted by Gasteiger charge is 2.21. The molecule has 1 atom stereocenters. The average molecular weight is 494 g/mol. The Labute approximate surface area is 207 Å². The van der Waals surface area contributed by atoms with Crippen LogP contribution in [-0.4, -0.2) is 46.0 Å². The normalized spacial score (nSPS) is 16.4. The topological polar surface area (TPSA) is 87.7 Å². The molecule has 3 aromatic carbocycles. The fourth-order valence-electron chi connectivity index (χ4n) is 4.36. The molecule has 1 saturated heterocycles. The number of likely N-dealkylation sites (tertiary alicyclic amines) is 1. The van der Waals surface area contributed by atoms with Crippen LogP contribution in [0.4, 0.5) is 5.69 Å². The summed E-state index contributed by atoms with van der Waals surface area (Å²) in [6.07, 6.45) is 2.19. The Morgan fingerprint density at radius 2 is 1.71 bits per heavy atom. The Morgan fingerprint density at radius 1 is 1.00 bits per heavy atom. The van der Waals surface area contributed by atoms with Crippen molar-refractivity contribution in [3.63, 3.8) is 0 Å². The van der Waals surface area contributed by atoms with Crippen molar-refractivity contribution in [2.75, 3.05) is 31.5 Å². The lowest BCUT2D eigenvalue weighted by Crippen LogP contribution is -2.40. The highest BCUT2D eigenvalue weighted by atomic mass is 32.2. The van der Waals surface area contributed by atoms with E-state index in [1.54, 1.807) is 24.3 Å². The molecule has 1 fully saturated rings. The molecule has 0 spiro atoms. The van der Waals surface area contributed by atoms with Crippen LogP contribution in [0.3, 0.4) is 0 Å². The van der Waals surface area contributed by atoms with Crippen LogP contribution in [0.1, 0.15) is 28.8 Å². The van der Waals surface area contributed by atoms with Gasteiger partial charge in [-0.2, -0.15) is 0 Å². The summed E-state index contributed by atoms with van der Waals surface area (Å²) in [5.41, 5.74) is 2.08. The van der Waals surface area contributed by atoms with Gasteiger partial charge in [0.1, 0.15) is 5.75 Å². The lowest BCUT2D eigenvalue weighted by molar-refractivity contribution is 0.0930. The number of rotatable bonds is 9. The minimum Gasteiger partial charge on any atom is -0.495 e. The fourth-order valence-corrected chi connectivity index (χ4v) is 5.43. The monoisotopic (exact) mass is 493 g/mol. The van der Waals surface area contributed by atoms with E-state index in [9.17, 15) is 13.2 Å². The van der Waals surface area contributed by atoms with E-state index < -0.39 is 10.0 Å². The number of amides is 1. The number of hydrogen-bond donors (Lipinski definition) is 2. The van der Waals surface area contributed by atoms with Gasteiger partial charge in [0.15, 0.2) is 0 Å². The zero-order valence-electron chi connectivity index (χ0n) is 19.8. The molecule has 7 nitrogen and oxygen atoms in total. The molecule has 0 radical (unpaired) electrons. The van der Waals surface area contributed by atoms with Gasteiger partial charge in [-0.1, -0.05) is 42.5 Å². The number of sulfonamides is 1. The van der Waals surface area contributed by atoms with E-state index in [4.69, 9.17) is 4.74 Å². The van der Waals surface area contributed by atoms with Crippen LogP contribution < -0.4 is 14.8 Å². The van der Waals surface area contributed by atoms with Crippen molar-refractivity contribution < 1.29 is 17.9 Å². The third-order valence-corrected chi connectivity index (χ3v) is 7.56. The maximum absolute atomic E-state index is 12.8. The van der Waals surface area contributed by atoms with Gasteiger partial charge in [-0.05, 0) is 67.3 Å². The number of anilines is 1. The van der Waals surface area contributed by atoms with Crippen LogP contribution >= 0.6 is 0 Å². The number of nitrogens with zero attached hydrogens (tertiary/aromatic N) is 1. The van der Waals surface area contributed by atoms with Crippen LogP contribution in [0.5, 0.6) is 5.75 Å². The first-order chi connectivity index (χ1) is 16.9. The summed E-state index contributed by atoms with van der Waals surface area (Å²) in [6, 6.07) is 23.2. The van der Waals surface area contributed by atoms with Gasteiger partial charge in [-0.3, -0.25) is 14.4 Å². The van der Waals surface area contributed by atoms with Crippen molar-refractivity contribution in [3.05, 3.63) is 90.0 Å². The van der Waals surface area contributed by atoms with E-state index in [0.29, 0.717) is 29.5 Å². The van der Waals surface area contributed by atoms with Crippen molar-refractivity contribution >= 4 is 21.6 Å². The van der Waals surface area contributed by atoms with Crippen LogP contribution in [0.2, 0.25) is 0 Å². The van der Waals surface area contributed by atoms with Crippen molar-refractivity contribution in [2.24, 2.45) is 5.92 Å². The predicted molar refractivity (Wildman–Crippen MR) is 137 cm³/mol. The molecule has 1 amide bonds. The molecular weight excluding hydrogens is 462 g/mol. The van der Waals surface area contributed by atoms with Gasteiger partial charge < -0.3 is 10.1 Å². The molecular formula is C27H31N3O4S. The predicted octanol–water partition coefficient (Wildman–Crippen LogP) is 4.14. The number of benzene rings is 3. The van der Waals surface area contributed by atoms with Gasteiger partial charge in [-0.25, -0.2) is 8.42 Å². The van der Waals surface area contributed by atoms with E-state index in [0.717, 1.165) is 32.5 Å². The standard InChI is InChI=1S/C27H31N3O4S/c1-34-26-12-6-5-11-25(26)29-35(32,33)24-15-13-23(14-16-24)27(31)28-18-22-10-7-17-30(20-22)19-21-8-3-2-4-9-21/h2-6,8-9,11-16,22,29H,7,10,17-20H2,1H3,(H,28,31). The molecule has 1 unspecified atom stereocenters. The molecule has 3 aromatic rings. The van der Waals surface area contributed by atoms with Gasteiger partial charge in [0.05, 0.1) is 17.7 Å².